The monoisotopic (exact) mass is 265 g/mol. The fourth-order valence-corrected chi connectivity index (χ4v) is 0.879. The van der Waals surface area contributed by atoms with E-state index in [9.17, 15) is 9.59 Å². The average molecular weight is 265 g/mol. The van der Waals surface area contributed by atoms with Gasteiger partial charge < -0.3 is 9.84 Å². The number of ether oxygens (including phenoxy) is 1. The molecule has 19 heavy (non-hydrogen) atoms. The average Bonchev–Trinajstić information content (AvgIpc) is 2.39. The molecule has 0 saturated heterocycles. The van der Waals surface area contributed by atoms with Crippen LogP contribution in [0.3, 0.4) is 0 Å². The molecular formula is C14H19NO4. The van der Waals surface area contributed by atoms with Crippen LogP contribution in [0, 0.1) is 23.7 Å². The van der Waals surface area contributed by atoms with Gasteiger partial charge in [-0.25, -0.2) is 4.79 Å². The van der Waals surface area contributed by atoms with Crippen molar-refractivity contribution in [1.29, 1.82) is 5.26 Å². The van der Waals surface area contributed by atoms with Crippen molar-refractivity contribution in [2.75, 3.05) is 6.61 Å². The molecule has 0 unspecified atom stereocenters. The molecule has 104 valence electrons. The van der Waals surface area contributed by atoms with E-state index in [1.807, 2.05) is 6.07 Å². The molecule has 0 aliphatic rings. The zero-order valence-electron chi connectivity index (χ0n) is 10.9. The molecule has 5 nitrogen and oxygen atoms in total. The summed E-state index contributed by atoms with van der Waals surface area (Å²) in [7, 11) is 0. The summed E-state index contributed by atoms with van der Waals surface area (Å²) >= 11 is 0. The number of rotatable bonds is 8. The van der Waals surface area contributed by atoms with Crippen molar-refractivity contribution in [2.45, 2.75) is 38.5 Å². The summed E-state index contributed by atoms with van der Waals surface area (Å²) in [5, 5.41) is 16.2. The molecule has 0 aromatic rings. The molecule has 0 aliphatic heterocycles. The van der Waals surface area contributed by atoms with Crippen molar-refractivity contribution in [2.24, 2.45) is 0 Å². The highest BCUT2D eigenvalue weighted by molar-refractivity contribution is 5.81. The van der Waals surface area contributed by atoms with Crippen LogP contribution in [-0.4, -0.2) is 23.7 Å². The molecule has 0 bridgehead atoms. The van der Waals surface area contributed by atoms with E-state index in [-0.39, 0.29) is 6.42 Å². The first-order chi connectivity index (χ1) is 9.08. The third-order valence-corrected chi connectivity index (χ3v) is 1.81. The second-order valence-corrected chi connectivity index (χ2v) is 3.44. The molecule has 0 radical (unpaired) electrons. The van der Waals surface area contributed by atoms with Gasteiger partial charge in [0, 0.05) is 25.3 Å². The fourth-order valence-electron chi connectivity index (χ4n) is 0.879. The van der Waals surface area contributed by atoms with E-state index in [4.69, 9.17) is 16.8 Å². The Labute approximate surface area is 113 Å². The zero-order chi connectivity index (χ0) is 14.9. The lowest BCUT2D eigenvalue weighted by Crippen LogP contribution is -2.01. The molecular weight excluding hydrogens is 246 g/mol. The lowest BCUT2D eigenvalue weighted by Gasteiger charge is -1.98. The van der Waals surface area contributed by atoms with Gasteiger partial charge in [-0.2, -0.15) is 5.26 Å². The second-order valence-electron chi connectivity index (χ2n) is 3.44. The van der Waals surface area contributed by atoms with Crippen LogP contribution in [0.25, 0.3) is 0 Å². The van der Waals surface area contributed by atoms with Gasteiger partial charge in [-0.3, -0.25) is 4.79 Å². The lowest BCUT2D eigenvalue weighted by atomic mass is 10.2. The van der Waals surface area contributed by atoms with E-state index in [2.05, 4.69) is 17.2 Å². The molecule has 0 fully saturated rings. The number of carbonyl (C=O) groups excluding carboxylic acids is 1. The van der Waals surface area contributed by atoms with Gasteiger partial charge in [-0.1, -0.05) is 6.58 Å². The summed E-state index contributed by atoms with van der Waals surface area (Å²) in [4.78, 5) is 20.2. The van der Waals surface area contributed by atoms with Crippen molar-refractivity contribution < 1.29 is 19.4 Å². The number of terminal acetylenes is 1. The lowest BCUT2D eigenvalue weighted by molar-refractivity contribution is -0.138. The van der Waals surface area contributed by atoms with Crippen molar-refractivity contribution in [3.05, 3.63) is 12.7 Å². The van der Waals surface area contributed by atoms with Crippen molar-refractivity contribution in [3.63, 3.8) is 0 Å². The number of nitriles is 1. The van der Waals surface area contributed by atoms with Crippen LogP contribution in [0.4, 0.5) is 0 Å². The first-order valence-electron chi connectivity index (χ1n) is 5.89. The minimum absolute atomic E-state index is 0.185. The molecule has 0 amide bonds. The predicted molar refractivity (Wildman–Crippen MR) is 70.9 cm³/mol. The number of carboxylic acid groups (broad SMARTS) is 1. The van der Waals surface area contributed by atoms with E-state index in [0.717, 1.165) is 18.9 Å². The minimum atomic E-state index is -0.778. The Kier molecular flexibility index (Phi) is 15.8. The molecule has 0 heterocycles. The van der Waals surface area contributed by atoms with E-state index >= 15 is 0 Å². The highest BCUT2D eigenvalue weighted by Crippen LogP contribution is 1.94. The van der Waals surface area contributed by atoms with Crippen molar-refractivity contribution >= 4 is 11.9 Å². The van der Waals surface area contributed by atoms with Gasteiger partial charge in [-0.15, -0.1) is 12.3 Å². The molecule has 0 atom stereocenters. The maximum atomic E-state index is 10.4. The molecule has 0 spiro atoms. The summed E-state index contributed by atoms with van der Waals surface area (Å²) in [6.45, 7) is 3.63. The highest BCUT2D eigenvalue weighted by atomic mass is 16.5. The molecule has 0 aromatic heterocycles. The number of unbranched alkanes of at least 4 members (excludes halogenated alkanes) is 3. The quantitative estimate of drug-likeness (QED) is 0.315. The van der Waals surface area contributed by atoms with Crippen LogP contribution < -0.4 is 0 Å². The van der Waals surface area contributed by atoms with Gasteiger partial charge in [0.25, 0.3) is 0 Å². The van der Waals surface area contributed by atoms with E-state index in [0.29, 0.717) is 25.9 Å². The third kappa shape index (κ3) is 21.6. The first-order valence-corrected chi connectivity index (χ1v) is 5.89. The Hall–Kier alpha value is -2.27. The fraction of sp³-hybridized carbons (Fsp3) is 0.500. The molecule has 0 saturated carbocycles. The van der Waals surface area contributed by atoms with E-state index in [1.165, 1.54) is 0 Å². The van der Waals surface area contributed by atoms with Crippen LogP contribution in [0.1, 0.15) is 38.5 Å². The maximum absolute atomic E-state index is 10.4. The smallest absolute Gasteiger partial charge is 0.330 e. The Morgan fingerprint density at radius 3 is 2.47 bits per heavy atom. The number of carboxylic acids is 1. The number of hydrogen-bond donors (Lipinski definition) is 1. The SMILES string of the molecule is C#CCCCC(=O)O.C=CC(=O)OCCCCC#N. The second kappa shape index (κ2) is 15.7. The summed E-state index contributed by atoms with van der Waals surface area (Å²) in [6.07, 6.45) is 9.38. The number of hydrogen-bond acceptors (Lipinski definition) is 4. The standard InChI is InChI=1S/C8H11NO2.C6H8O2/c1-2-8(10)11-7-5-3-4-6-9;1-2-3-4-5-6(7)8/h2H,1,3-5,7H2;1H,3-5H2,(H,7,8). The summed E-state index contributed by atoms with van der Waals surface area (Å²) in [6, 6.07) is 2.01. The maximum Gasteiger partial charge on any atom is 0.330 e. The molecule has 5 heteroatoms. The van der Waals surface area contributed by atoms with Gasteiger partial charge in [0.2, 0.25) is 0 Å². The van der Waals surface area contributed by atoms with E-state index < -0.39 is 11.9 Å². The molecule has 0 rings (SSSR count). The number of aliphatic carboxylic acids is 1. The van der Waals surface area contributed by atoms with Gasteiger partial charge >= 0.3 is 11.9 Å². The number of carbonyl (C=O) groups is 2. The first kappa shape index (κ1) is 19.1. The predicted octanol–water partition coefficient (Wildman–Crippen LogP) is 2.28. The van der Waals surface area contributed by atoms with Gasteiger partial charge in [0.15, 0.2) is 0 Å². The topological polar surface area (TPSA) is 87.4 Å². The Morgan fingerprint density at radius 1 is 1.32 bits per heavy atom. The normalized spacial score (nSPS) is 8.11. The molecule has 0 aromatic carbocycles. The van der Waals surface area contributed by atoms with Crippen molar-refractivity contribution in [3.8, 4) is 18.4 Å². The Bertz CT molecular complexity index is 349. The van der Waals surface area contributed by atoms with Crippen LogP contribution in [-0.2, 0) is 14.3 Å². The molecule has 0 aliphatic carbocycles. The number of esters is 1. The van der Waals surface area contributed by atoms with Gasteiger partial charge in [0.05, 0.1) is 12.7 Å². The largest absolute Gasteiger partial charge is 0.481 e. The zero-order valence-corrected chi connectivity index (χ0v) is 10.9. The summed E-state index contributed by atoms with van der Waals surface area (Å²) in [5.41, 5.74) is 0. The van der Waals surface area contributed by atoms with Crippen LogP contribution in [0.2, 0.25) is 0 Å². The van der Waals surface area contributed by atoms with E-state index in [1.54, 1.807) is 0 Å². The van der Waals surface area contributed by atoms with Crippen LogP contribution in [0.15, 0.2) is 12.7 Å². The minimum Gasteiger partial charge on any atom is -0.481 e. The summed E-state index contributed by atoms with van der Waals surface area (Å²) in [5.74, 6) is 1.18. The molecule has 1 N–H and O–H groups in total. The Balaban J connectivity index is 0. The third-order valence-electron chi connectivity index (χ3n) is 1.81. The van der Waals surface area contributed by atoms with Crippen LogP contribution >= 0.6 is 0 Å². The summed E-state index contributed by atoms with van der Waals surface area (Å²) < 4.78 is 4.67. The van der Waals surface area contributed by atoms with Crippen molar-refractivity contribution in [1.82, 2.24) is 0 Å². The van der Waals surface area contributed by atoms with Crippen LogP contribution in [0.5, 0.6) is 0 Å². The van der Waals surface area contributed by atoms with Gasteiger partial charge in [-0.05, 0) is 19.3 Å². The van der Waals surface area contributed by atoms with Gasteiger partial charge in [0.1, 0.15) is 0 Å². The highest BCUT2D eigenvalue weighted by Gasteiger charge is 1.93. The Morgan fingerprint density at radius 2 is 2.00 bits per heavy atom. The number of nitrogens with zero attached hydrogens (tertiary/aromatic N) is 1.